The van der Waals surface area contributed by atoms with Gasteiger partial charge in [-0.15, -0.1) is 0 Å². The lowest BCUT2D eigenvalue weighted by Crippen LogP contribution is -2.29. The van der Waals surface area contributed by atoms with Crippen LogP contribution in [0.5, 0.6) is 5.75 Å². The summed E-state index contributed by atoms with van der Waals surface area (Å²) in [6, 6.07) is 5.00. The Kier molecular flexibility index (Phi) is 5.24. The molecule has 1 aromatic rings. The van der Waals surface area contributed by atoms with Crippen molar-refractivity contribution in [2.75, 3.05) is 13.7 Å². The lowest BCUT2D eigenvalue weighted by atomic mass is 10.1. The first-order valence-electron chi connectivity index (χ1n) is 7.33. The molecule has 21 heavy (non-hydrogen) atoms. The molecule has 0 bridgehead atoms. The second-order valence-electron chi connectivity index (χ2n) is 5.83. The smallest absolute Gasteiger partial charge is 0.244 e. The highest BCUT2D eigenvalue weighted by atomic mass is 32.2. The fourth-order valence-electron chi connectivity index (χ4n) is 2.87. The lowest BCUT2D eigenvalue weighted by Gasteiger charge is -2.14. The van der Waals surface area contributed by atoms with E-state index < -0.39 is 10.0 Å². The number of sulfonamides is 1. The molecular weight excluding hydrogens is 288 g/mol. The van der Waals surface area contributed by atoms with E-state index in [9.17, 15) is 8.42 Å². The van der Waals surface area contributed by atoms with Crippen LogP contribution >= 0.6 is 0 Å². The van der Waals surface area contributed by atoms with Crippen molar-refractivity contribution < 1.29 is 13.2 Å². The van der Waals surface area contributed by atoms with Crippen molar-refractivity contribution in [3.05, 3.63) is 23.8 Å². The van der Waals surface area contributed by atoms with Crippen LogP contribution in [-0.2, 0) is 16.6 Å². The van der Waals surface area contributed by atoms with Crippen molar-refractivity contribution in [1.82, 2.24) is 4.72 Å². The Hall–Kier alpha value is -1.11. The number of methoxy groups -OCH3 is 1. The first kappa shape index (κ1) is 16.3. The summed E-state index contributed by atoms with van der Waals surface area (Å²) < 4.78 is 32.8. The number of nitrogens with one attached hydrogen (secondary N) is 1. The second kappa shape index (κ2) is 6.77. The van der Waals surface area contributed by atoms with Crippen LogP contribution in [0.25, 0.3) is 0 Å². The highest BCUT2D eigenvalue weighted by Crippen LogP contribution is 2.30. The standard InChI is InChI=1S/C15H24N2O3S/c1-11-3-4-13(7-11)10-17-21(18,19)15-8-12(9-16)5-6-14(15)20-2/h5-6,8,11,13,17H,3-4,7,9-10,16H2,1-2H3. The van der Waals surface area contributed by atoms with Crippen LogP contribution in [0.15, 0.2) is 23.1 Å². The number of nitrogens with two attached hydrogens (primary N) is 1. The van der Waals surface area contributed by atoms with Gasteiger partial charge in [0.05, 0.1) is 7.11 Å². The minimum atomic E-state index is -3.57. The summed E-state index contributed by atoms with van der Waals surface area (Å²) in [7, 11) is -2.10. The van der Waals surface area contributed by atoms with Crippen LogP contribution in [0.2, 0.25) is 0 Å². The summed E-state index contributed by atoms with van der Waals surface area (Å²) in [5.74, 6) is 1.47. The SMILES string of the molecule is COc1ccc(CN)cc1S(=O)(=O)NCC1CCC(C)C1. The molecule has 2 atom stereocenters. The first-order chi connectivity index (χ1) is 9.96. The molecule has 0 radical (unpaired) electrons. The van der Waals surface area contributed by atoms with Crippen molar-refractivity contribution in [1.29, 1.82) is 0 Å². The molecular formula is C15H24N2O3S. The van der Waals surface area contributed by atoms with Crippen molar-refractivity contribution in [2.24, 2.45) is 17.6 Å². The van der Waals surface area contributed by atoms with Crippen LogP contribution < -0.4 is 15.2 Å². The molecule has 1 aromatic carbocycles. The zero-order valence-electron chi connectivity index (χ0n) is 12.6. The van der Waals surface area contributed by atoms with E-state index in [4.69, 9.17) is 10.5 Å². The van der Waals surface area contributed by atoms with Crippen LogP contribution in [0.3, 0.4) is 0 Å². The van der Waals surface area contributed by atoms with E-state index in [1.165, 1.54) is 13.5 Å². The van der Waals surface area contributed by atoms with Gasteiger partial charge in [0.25, 0.3) is 0 Å². The Morgan fingerprint density at radius 3 is 2.71 bits per heavy atom. The minimum Gasteiger partial charge on any atom is -0.495 e. The number of hydrogen-bond acceptors (Lipinski definition) is 4. The van der Waals surface area contributed by atoms with Gasteiger partial charge in [-0.3, -0.25) is 0 Å². The van der Waals surface area contributed by atoms with Crippen LogP contribution in [0.1, 0.15) is 31.7 Å². The van der Waals surface area contributed by atoms with Gasteiger partial charge in [0.15, 0.2) is 0 Å². The predicted octanol–water partition coefficient (Wildman–Crippen LogP) is 1.87. The van der Waals surface area contributed by atoms with E-state index in [0.717, 1.165) is 18.4 Å². The Labute approximate surface area is 126 Å². The molecule has 3 N–H and O–H groups in total. The maximum absolute atomic E-state index is 12.5. The molecule has 1 fully saturated rings. The Morgan fingerprint density at radius 1 is 1.38 bits per heavy atom. The molecule has 118 valence electrons. The van der Waals surface area contributed by atoms with E-state index in [1.807, 2.05) is 0 Å². The fourth-order valence-corrected chi connectivity index (χ4v) is 4.21. The molecule has 5 nitrogen and oxygen atoms in total. The van der Waals surface area contributed by atoms with E-state index in [2.05, 4.69) is 11.6 Å². The molecule has 6 heteroatoms. The largest absolute Gasteiger partial charge is 0.495 e. The minimum absolute atomic E-state index is 0.166. The number of hydrogen-bond donors (Lipinski definition) is 2. The summed E-state index contributed by atoms with van der Waals surface area (Å²) >= 11 is 0. The Bertz CT molecular complexity index is 587. The van der Waals surface area contributed by atoms with Gasteiger partial charge in [0.1, 0.15) is 10.6 Å². The summed E-state index contributed by atoms with van der Waals surface area (Å²) in [6.45, 7) is 3.00. The normalized spacial score (nSPS) is 22.4. The third kappa shape index (κ3) is 3.96. The maximum Gasteiger partial charge on any atom is 0.244 e. The number of benzene rings is 1. The predicted molar refractivity (Wildman–Crippen MR) is 82.6 cm³/mol. The maximum atomic E-state index is 12.5. The van der Waals surface area contributed by atoms with Crippen molar-refractivity contribution in [2.45, 2.75) is 37.6 Å². The van der Waals surface area contributed by atoms with Crippen molar-refractivity contribution in [3.63, 3.8) is 0 Å². The van der Waals surface area contributed by atoms with Crippen LogP contribution in [0.4, 0.5) is 0 Å². The zero-order chi connectivity index (χ0) is 15.5. The van der Waals surface area contributed by atoms with Crippen molar-refractivity contribution >= 4 is 10.0 Å². The highest BCUT2D eigenvalue weighted by Gasteiger charge is 2.25. The number of rotatable bonds is 6. The van der Waals surface area contributed by atoms with Gasteiger partial charge in [-0.1, -0.05) is 19.4 Å². The summed E-state index contributed by atoms with van der Waals surface area (Å²) in [5, 5.41) is 0. The molecule has 0 spiro atoms. The summed E-state index contributed by atoms with van der Waals surface area (Å²) in [6.07, 6.45) is 3.35. The third-order valence-electron chi connectivity index (χ3n) is 4.12. The van der Waals surface area contributed by atoms with E-state index in [-0.39, 0.29) is 4.90 Å². The molecule has 2 rings (SSSR count). The van der Waals surface area contributed by atoms with Gasteiger partial charge in [-0.05, 0) is 42.4 Å². The van der Waals surface area contributed by atoms with Gasteiger partial charge in [-0.25, -0.2) is 13.1 Å². The average molecular weight is 312 g/mol. The van der Waals surface area contributed by atoms with Crippen LogP contribution in [-0.4, -0.2) is 22.1 Å². The zero-order valence-corrected chi connectivity index (χ0v) is 13.4. The molecule has 1 saturated carbocycles. The van der Waals surface area contributed by atoms with E-state index in [1.54, 1.807) is 18.2 Å². The molecule has 0 heterocycles. The van der Waals surface area contributed by atoms with E-state index in [0.29, 0.717) is 30.7 Å². The molecule has 1 aliphatic carbocycles. The number of ether oxygens (including phenoxy) is 1. The average Bonchev–Trinajstić information content (AvgIpc) is 2.90. The summed E-state index contributed by atoms with van der Waals surface area (Å²) in [5.41, 5.74) is 6.36. The Morgan fingerprint density at radius 2 is 2.14 bits per heavy atom. The molecule has 1 aliphatic rings. The molecule has 0 saturated heterocycles. The van der Waals surface area contributed by atoms with Crippen LogP contribution in [0, 0.1) is 11.8 Å². The van der Waals surface area contributed by atoms with Gasteiger partial charge < -0.3 is 10.5 Å². The summed E-state index contributed by atoms with van der Waals surface area (Å²) in [4.78, 5) is 0.166. The van der Waals surface area contributed by atoms with Crippen molar-refractivity contribution in [3.8, 4) is 5.75 Å². The topological polar surface area (TPSA) is 81.4 Å². The molecule has 2 unspecified atom stereocenters. The Balaban J connectivity index is 2.14. The van der Waals surface area contributed by atoms with E-state index >= 15 is 0 Å². The van der Waals surface area contributed by atoms with Gasteiger partial charge in [0.2, 0.25) is 10.0 Å². The van der Waals surface area contributed by atoms with Gasteiger partial charge >= 0.3 is 0 Å². The monoisotopic (exact) mass is 312 g/mol. The molecule has 0 aliphatic heterocycles. The molecule has 0 aromatic heterocycles. The second-order valence-corrected chi connectivity index (χ2v) is 7.56. The molecule has 0 amide bonds. The third-order valence-corrected chi connectivity index (χ3v) is 5.56. The van der Waals surface area contributed by atoms with Gasteiger partial charge in [0, 0.05) is 13.1 Å². The highest BCUT2D eigenvalue weighted by molar-refractivity contribution is 7.89. The first-order valence-corrected chi connectivity index (χ1v) is 8.81. The fraction of sp³-hybridized carbons (Fsp3) is 0.600. The quantitative estimate of drug-likeness (QED) is 0.840. The lowest BCUT2D eigenvalue weighted by molar-refractivity contribution is 0.401. The van der Waals surface area contributed by atoms with Gasteiger partial charge in [-0.2, -0.15) is 0 Å².